The number of hydrogen-bond acceptors (Lipinski definition) is 3. The van der Waals surface area contributed by atoms with Crippen molar-refractivity contribution in [2.45, 2.75) is 78.9 Å². The van der Waals surface area contributed by atoms with Gasteiger partial charge in [0.05, 0.1) is 0 Å². The molecule has 1 fully saturated rings. The lowest BCUT2D eigenvalue weighted by atomic mass is 9.80. The lowest BCUT2D eigenvalue weighted by molar-refractivity contribution is 0.0248. The van der Waals surface area contributed by atoms with Gasteiger partial charge in [-0.2, -0.15) is 0 Å². The minimum atomic E-state index is -0.427. The van der Waals surface area contributed by atoms with E-state index in [1.54, 1.807) is 0 Å². The zero-order chi connectivity index (χ0) is 16.8. The lowest BCUT2D eigenvalue weighted by Gasteiger charge is -2.34. The Morgan fingerprint density at radius 1 is 1.23 bits per heavy atom. The van der Waals surface area contributed by atoms with E-state index in [0.717, 1.165) is 37.9 Å². The van der Waals surface area contributed by atoms with E-state index < -0.39 is 5.60 Å². The number of carbonyl (C=O) groups is 1. The molecule has 22 heavy (non-hydrogen) atoms. The molecule has 130 valence electrons. The summed E-state index contributed by atoms with van der Waals surface area (Å²) in [4.78, 5) is 14.1. The molecule has 0 bridgehead atoms. The van der Waals surface area contributed by atoms with Gasteiger partial charge in [0.2, 0.25) is 0 Å². The largest absolute Gasteiger partial charge is 0.444 e. The molecule has 0 aromatic rings. The first-order valence-corrected chi connectivity index (χ1v) is 8.94. The number of amides is 1. The van der Waals surface area contributed by atoms with Crippen LogP contribution >= 0.6 is 0 Å². The van der Waals surface area contributed by atoms with Crippen molar-refractivity contribution in [2.75, 3.05) is 19.6 Å². The Hall–Kier alpha value is -0.770. The molecule has 0 aliphatic heterocycles. The normalized spacial score (nSPS) is 25.8. The van der Waals surface area contributed by atoms with Gasteiger partial charge in [-0.1, -0.05) is 27.2 Å². The van der Waals surface area contributed by atoms with Crippen LogP contribution in [0.3, 0.4) is 0 Å². The first kappa shape index (κ1) is 19.3. The fourth-order valence-electron chi connectivity index (χ4n) is 3.09. The third-order valence-electron chi connectivity index (χ3n) is 4.39. The highest BCUT2D eigenvalue weighted by molar-refractivity contribution is 5.68. The first-order chi connectivity index (χ1) is 10.2. The third-order valence-corrected chi connectivity index (χ3v) is 4.39. The molecular formula is C18H36N2O2. The minimum Gasteiger partial charge on any atom is -0.444 e. The van der Waals surface area contributed by atoms with E-state index in [9.17, 15) is 4.79 Å². The van der Waals surface area contributed by atoms with Crippen LogP contribution in [0.5, 0.6) is 0 Å². The maximum atomic E-state index is 12.2. The Balaban J connectivity index is 2.42. The van der Waals surface area contributed by atoms with E-state index in [2.05, 4.69) is 26.1 Å². The fraction of sp³-hybridized carbons (Fsp3) is 0.944. The summed E-state index contributed by atoms with van der Waals surface area (Å²) < 4.78 is 5.49. The average Bonchev–Trinajstić information content (AvgIpc) is 2.39. The number of nitrogens with one attached hydrogen (secondary N) is 1. The molecule has 0 saturated heterocycles. The van der Waals surface area contributed by atoms with Crippen LogP contribution < -0.4 is 5.32 Å². The van der Waals surface area contributed by atoms with Crippen LogP contribution in [0.15, 0.2) is 0 Å². The molecule has 0 heterocycles. The van der Waals surface area contributed by atoms with E-state index in [0.29, 0.717) is 6.04 Å². The van der Waals surface area contributed by atoms with Gasteiger partial charge < -0.3 is 15.0 Å². The van der Waals surface area contributed by atoms with E-state index in [1.165, 1.54) is 19.3 Å². The Morgan fingerprint density at radius 2 is 1.91 bits per heavy atom. The Kier molecular flexibility index (Phi) is 7.67. The summed E-state index contributed by atoms with van der Waals surface area (Å²) in [5.41, 5.74) is -0.427. The van der Waals surface area contributed by atoms with Crippen molar-refractivity contribution in [3.63, 3.8) is 0 Å². The van der Waals surface area contributed by atoms with Gasteiger partial charge in [-0.05, 0) is 51.9 Å². The maximum absolute atomic E-state index is 12.2. The molecule has 1 amide bonds. The van der Waals surface area contributed by atoms with Crippen LogP contribution in [-0.2, 0) is 4.74 Å². The number of rotatable bonds is 6. The molecule has 0 aromatic carbocycles. The summed E-state index contributed by atoms with van der Waals surface area (Å²) in [7, 11) is 0. The summed E-state index contributed by atoms with van der Waals surface area (Å²) in [6, 6.07) is 0.589. The molecule has 0 radical (unpaired) electrons. The molecule has 3 unspecified atom stereocenters. The van der Waals surface area contributed by atoms with Crippen molar-refractivity contribution in [3.05, 3.63) is 0 Å². The Morgan fingerprint density at radius 3 is 2.50 bits per heavy atom. The van der Waals surface area contributed by atoms with Crippen LogP contribution in [0.1, 0.15) is 67.2 Å². The zero-order valence-corrected chi connectivity index (χ0v) is 15.4. The molecule has 1 aliphatic carbocycles. The van der Waals surface area contributed by atoms with Crippen molar-refractivity contribution in [3.8, 4) is 0 Å². The SMILES string of the molecule is CCCN(CCNC1CC(C)CCC1C)C(=O)OC(C)(C)C. The molecule has 4 heteroatoms. The fourth-order valence-corrected chi connectivity index (χ4v) is 3.09. The smallest absolute Gasteiger partial charge is 0.410 e. The monoisotopic (exact) mass is 312 g/mol. The second kappa shape index (κ2) is 8.76. The highest BCUT2D eigenvalue weighted by Gasteiger charge is 2.26. The maximum Gasteiger partial charge on any atom is 0.410 e. The summed E-state index contributed by atoms with van der Waals surface area (Å²) in [5.74, 6) is 1.55. The standard InChI is InChI=1S/C18H36N2O2/c1-7-11-20(17(21)22-18(4,5)6)12-10-19-16-13-14(2)8-9-15(16)3/h14-16,19H,7-13H2,1-6H3. The predicted molar refractivity (Wildman–Crippen MR) is 92.1 cm³/mol. The highest BCUT2D eigenvalue weighted by Crippen LogP contribution is 2.28. The first-order valence-electron chi connectivity index (χ1n) is 8.94. The van der Waals surface area contributed by atoms with Gasteiger partial charge in [-0.25, -0.2) is 4.79 Å². The van der Waals surface area contributed by atoms with Crippen LogP contribution in [0.4, 0.5) is 4.79 Å². The van der Waals surface area contributed by atoms with Crippen molar-refractivity contribution in [2.24, 2.45) is 11.8 Å². The number of carbonyl (C=O) groups excluding carboxylic acids is 1. The van der Waals surface area contributed by atoms with Gasteiger partial charge in [0.25, 0.3) is 0 Å². The summed E-state index contributed by atoms with van der Waals surface area (Å²) in [6.07, 6.45) is 4.67. The van der Waals surface area contributed by atoms with E-state index in [4.69, 9.17) is 4.74 Å². The van der Waals surface area contributed by atoms with Crippen LogP contribution in [0.25, 0.3) is 0 Å². The summed E-state index contributed by atoms with van der Waals surface area (Å²) >= 11 is 0. The molecule has 0 spiro atoms. The van der Waals surface area contributed by atoms with Crippen LogP contribution in [-0.4, -0.2) is 42.3 Å². The topological polar surface area (TPSA) is 41.6 Å². The van der Waals surface area contributed by atoms with Crippen molar-refractivity contribution < 1.29 is 9.53 Å². The summed E-state index contributed by atoms with van der Waals surface area (Å²) in [6.45, 7) is 14.8. The molecule has 4 nitrogen and oxygen atoms in total. The summed E-state index contributed by atoms with van der Waals surface area (Å²) in [5, 5.41) is 3.66. The molecule has 1 aliphatic rings. The van der Waals surface area contributed by atoms with Gasteiger partial charge in [0.1, 0.15) is 5.60 Å². The minimum absolute atomic E-state index is 0.193. The van der Waals surface area contributed by atoms with Crippen molar-refractivity contribution in [1.82, 2.24) is 10.2 Å². The van der Waals surface area contributed by atoms with Gasteiger partial charge in [0.15, 0.2) is 0 Å². The lowest BCUT2D eigenvalue weighted by Crippen LogP contribution is -2.45. The van der Waals surface area contributed by atoms with E-state index in [-0.39, 0.29) is 6.09 Å². The Bertz CT molecular complexity index is 338. The Labute approximate surface area is 137 Å². The predicted octanol–water partition coefficient (Wildman–Crippen LogP) is 4.05. The van der Waals surface area contributed by atoms with Crippen molar-refractivity contribution >= 4 is 6.09 Å². The highest BCUT2D eigenvalue weighted by atomic mass is 16.6. The third kappa shape index (κ3) is 6.99. The average molecular weight is 312 g/mol. The van der Waals surface area contributed by atoms with Gasteiger partial charge in [-0.15, -0.1) is 0 Å². The molecule has 0 aromatic heterocycles. The molecule has 3 atom stereocenters. The quantitative estimate of drug-likeness (QED) is 0.804. The zero-order valence-electron chi connectivity index (χ0n) is 15.4. The molecule has 1 rings (SSSR count). The molecule has 1 N–H and O–H groups in total. The van der Waals surface area contributed by atoms with Crippen molar-refractivity contribution in [1.29, 1.82) is 0 Å². The second-order valence-electron chi connectivity index (χ2n) is 7.92. The molecule has 1 saturated carbocycles. The number of ether oxygens (including phenoxy) is 1. The van der Waals surface area contributed by atoms with Gasteiger partial charge >= 0.3 is 6.09 Å². The van der Waals surface area contributed by atoms with Crippen LogP contribution in [0.2, 0.25) is 0 Å². The second-order valence-corrected chi connectivity index (χ2v) is 7.92. The van der Waals surface area contributed by atoms with E-state index in [1.807, 2.05) is 25.7 Å². The van der Waals surface area contributed by atoms with Crippen LogP contribution in [0, 0.1) is 11.8 Å². The molecular weight excluding hydrogens is 276 g/mol. The number of nitrogens with zero attached hydrogens (tertiary/aromatic N) is 1. The number of hydrogen-bond donors (Lipinski definition) is 1. The van der Waals surface area contributed by atoms with Gasteiger partial charge in [0, 0.05) is 25.7 Å². The van der Waals surface area contributed by atoms with E-state index >= 15 is 0 Å². The van der Waals surface area contributed by atoms with Gasteiger partial charge in [-0.3, -0.25) is 0 Å².